The van der Waals surface area contributed by atoms with Crippen molar-refractivity contribution in [3.8, 4) is 5.88 Å². The Morgan fingerprint density at radius 2 is 2.00 bits per heavy atom. The Bertz CT molecular complexity index is 1030. The van der Waals surface area contributed by atoms with Crippen LogP contribution in [0.5, 0.6) is 5.88 Å². The Hall–Kier alpha value is -3.21. The molecule has 1 aliphatic rings. The predicted octanol–water partition coefficient (Wildman–Crippen LogP) is 3.80. The predicted molar refractivity (Wildman–Crippen MR) is 122 cm³/mol. The molecule has 2 unspecified atom stereocenters. The van der Waals surface area contributed by atoms with Crippen LogP contribution in [0.15, 0.2) is 30.3 Å². The van der Waals surface area contributed by atoms with Gasteiger partial charge in [0.15, 0.2) is 0 Å². The number of unbranched alkanes of at least 4 members (excludes halogenated alkanes) is 1. The summed E-state index contributed by atoms with van der Waals surface area (Å²) in [6, 6.07) is 6.25. The molecule has 1 aromatic carbocycles. The van der Waals surface area contributed by atoms with Crippen LogP contribution in [0.1, 0.15) is 74.6 Å². The molecule has 1 aromatic heterocycles. The highest BCUT2D eigenvalue weighted by atomic mass is 19.4. The molecule has 1 aliphatic heterocycles. The number of halogens is 3. The van der Waals surface area contributed by atoms with E-state index in [1.165, 1.54) is 12.1 Å². The summed E-state index contributed by atoms with van der Waals surface area (Å²) in [6.07, 6.45) is -3.91. The van der Waals surface area contributed by atoms with Gasteiger partial charge >= 0.3 is 6.18 Å². The maximum atomic E-state index is 13.8. The van der Waals surface area contributed by atoms with Crippen LogP contribution in [0.3, 0.4) is 0 Å². The van der Waals surface area contributed by atoms with Gasteiger partial charge < -0.3 is 15.4 Å². The number of benzene rings is 1. The fraction of sp³-hybridized carbons (Fsp3) is 0.500. The Labute approximate surface area is 202 Å². The lowest BCUT2D eigenvalue weighted by Crippen LogP contribution is -2.47. The molecule has 1 saturated heterocycles. The third-order valence-corrected chi connectivity index (χ3v) is 5.55. The summed E-state index contributed by atoms with van der Waals surface area (Å²) in [4.78, 5) is 24.3. The smallest absolute Gasteiger partial charge is 0.416 e. The van der Waals surface area contributed by atoms with Crippen LogP contribution in [0.2, 0.25) is 0 Å². The Morgan fingerprint density at radius 1 is 1.23 bits per heavy atom. The third kappa shape index (κ3) is 7.14. The summed E-state index contributed by atoms with van der Waals surface area (Å²) in [6.45, 7) is 6.06. The standard InChI is InChI=1S/C24H30F3N5O3/c1-4-5-10-35-21-9-8-18(31-32-21)19-12-20(33)30-22(29-19)16-11-15(13-28-23(34)14(2)3)6-7-17(16)24(25,26)27/h6-9,11,14,19,22,29H,4-5,10,12-13H2,1-3H3,(H,28,34)(H,30,33). The highest BCUT2D eigenvalue weighted by Crippen LogP contribution is 2.36. The number of nitrogens with zero attached hydrogens (tertiary/aromatic N) is 2. The van der Waals surface area contributed by atoms with Gasteiger partial charge in [0.1, 0.15) is 6.17 Å². The normalized spacial score (nSPS) is 18.3. The number of ether oxygens (including phenoxy) is 1. The van der Waals surface area contributed by atoms with Gasteiger partial charge in [0.2, 0.25) is 17.7 Å². The molecule has 190 valence electrons. The van der Waals surface area contributed by atoms with Crippen LogP contribution in [-0.4, -0.2) is 28.6 Å². The second-order valence-electron chi connectivity index (χ2n) is 8.71. The maximum Gasteiger partial charge on any atom is 0.416 e. The van der Waals surface area contributed by atoms with E-state index in [1.54, 1.807) is 26.0 Å². The number of hydrogen-bond acceptors (Lipinski definition) is 6. The fourth-order valence-electron chi connectivity index (χ4n) is 3.59. The molecule has 35 heavy (non-hydrogen) atoms. The van der Waals surface area contributed by atoms with E-state index >= 15 is 0 Å². The first kappa shape index (κ1) is 26.4. The van der Waals surface area contributed by atoms with Crippen molar-refractivity contribution in [3.05, 3.63) is 52.7 Å². The number of nitrogens with one attached hydrogen (secondary N) is 3. The van der Waals surface area contributed by atoms with Gasteiger partial charge in [-0.3, -0.25) is 14.9 Å². The van der Waals surface area contributed by atoms with Gasteiger partial charge in [0.05, 0.1) is 23.9 Å². The van der Waals surface area contributed by atoms with Gasteiger partial charge in [-0.1, -0.05) is 33.3 Å². The number of rotatable bonds is 9. The SMILES string of the molecule is CCCCOc1ccc(C2CC(=O)NC(c3cc(CNC(=O)C(C)C)ccc3C(F)(F)F)N2)nn1. The quantitative estimate of drug-likeness (QED) is 0.459. The molecule has 8 nitrogen and oxygen atoms in total. The van der Waals surface area contributed by atoms with Gasteiger partial charge in [-0.05, 0) is 30.2 Å². The topological polar surface area (TPSA) is 105 Å². The molecule has 0 bridgehead atoms. The van der Waals surface area contributed by atoms with E-state index in [-0.39, 0.29) is 30.4 Å². The minimum atomic E-state index is -4.63. The van der Waals surface area contributed by atoms with Crippen molar-refractivity contribution < 1.29 is 27.5 Å². The monoisotopic (exact) mass is 493 g/mol. The lowest BCUT2D eigenvalue weighted by molar-refractivity contribution is -0.139. The van der Waals surface area contributed by atoms with E-state index in [0.717, 1.165) is 18.9 Å². The van der Waals surface area contributed by atoms with Crippen LogP contribution in [0, 0.1) is 5.92 Å². The van der Waals surface area contributed by atoms with Gasteiger partial charge in [-0.2, -0.15) is 18.3 Å². The summed E-state index contributed by atoms with van der Waals surface area (Å²) in [7, 11) is 0. The van der Waals surface area contributed by atoms with Crippen molar-refractivity contribution in [3.63, 3.8) is 0 Å². The largest absolute Gasteiger partial charge is 0.477 e. The molecule has 3 N–H and O–H groups in total. The van der Waals surface area contributed by atoms with Crippen molar-refractivity contribution in [1.29, 1.82) is 0 Å². The van der Waals surface area contributed by atoms with Crippen LogP contribution >= 0.6 is 0 Å². The number of carbonyl (C=O) groups excluding carboxylic acids is 2. The van der Waals surface area contributed by atoms with Crippen LogP contribution in [0.4, 0.5) is 13.2 Å². The first-order valence-electron chi connectivity index (χ1n) is 11.6. The molecule has 3 rings (SSSR count). The zero-order chi connectivity index (χ0) is 25.6. The van der Waals surface area contributed by atoms with Crippen molar-refractivity contribution >= 4 is 11.8 Å². The van der Waals surface area contributed by atoms with Crippen LogP contribution in [-0.2, 0) is 22.3 Å². The van der Waals surface area contributed by atoms with Gasteiger partial charge in [-0.15, -0.1) is 5.10 Å². The van der Waals surface area contributed by atoms with Crippen molar-refractivity contribution in [2.45, 2.75) is 65.0 Å². The number of alkyl halides is 3. The highest BCUT2D eigenvalue weighted by Gasteiger charge is 2.38. The van der Waals surface area contributed by atoms with E-state index in [9.17, 15) is 22.8 Å². The van der Waals surface area contributed by atoms with Crippen LogP contribution < -0.4 is 20.7 Å². The summed E-state index contributed by atoms with van der Waals surface area (Å²) in [5, 5.41) is 16.5. The molecular formula is C24H30F3N5O3. The van der Waals surface area contributed by atoms with E-state index in [1.807, 2.05) is 6.92 Å². The number of amides is 2. The lowest BCUT2D eigenvalue weighted by Gasteiger charge is -2.33. The van der Waals surface area contributed by atoms with E-state index in [4.69, 9.17) is 4.74 Å². The highest BCUT2D eigenvalue weighted by molar-refractivity contribution is 5.78. The average Bonchev–Trinajstić information content (AvgIpc) is 2.82. The zero-order valence-corrected chi connectivity index (χ0v) is 19.9. The summed E-state index contributed by atoms with van der Waals surface area (Å²) in [5.41, 5.74) is -0.116. The second-order valence-corrected chi connectivity index (χ2v) is 8.71. The van der Waals surface area contributed by atoms with Crippen molar-refractivity contribution in [1.82, 2.24) is 26.1 Å². The average molecular weight is 494 g/mol. The second kappa shape index (κ2) is 11.5. The van der Waals surface area contributed by atoms with Crippen molar-refractivity contribution in [2.24, 2.45) is 5.92 Å². The van der Waals surface area contributed by atoms with E-state index in [2.05, 4.69) is 26.1 Å². The molecule has 1 fully saturated rings. The molecular weight excluding hydrogens is 463 g/mol. The minimum Gasteiger partial charge on any atom is -0.477 e. The number of aromatic nitrogens is 2. The molecule has 11 heteroatoms. The molecule has 0 aliphatic carbocycles. The lowest BCUT2D eigenvalue weighted by atomic mass is 9.97. The molecule has 2 atom stereocenters. The summed E-state index contributed by atoms with van der Waals surface area (Å²) < 4.78 is 46.9. The maximum absolute atomic E-state index is 13.8. The van der Waals surface area contributed by atoms with Crippen LogP contribution in [0.25, 0.3) is 0 Å². The van der Waals surface area contributed by atoms with Crippen molar-refractivity contribution in [2.75, 3.05) is 6.61 Å². The Balaban J connectivity index is 1.83. The fourth-order valence-corrected chi connectivity index (χ4v) is 3.59. The molecule has 2 heterocycles. The third-order valence-electron chi connectivity index (χ3n) is 5.55. The van der Waals surface area contributed by atoms with Gasteiger partial charge in [0, 0.05) is 30.5 Å². The molecule has 0 radical (unpaired) electrons. The van der Waals surface area contributed by atoms with E-state index in [0.29, 0.717) is 23.7 Å². The number of carbonyl (C=O) groups is 2. The summed E-state index contributed by atoms with van der Waals surface area (Å²) >= 11 is 0. The molecule has 0 saturated carbocycles. The van der Waals surface area contributed by atoms with Gasteiger partial charge in [-0.25, -0.2) is 0 Å². The molecule has 2 amide bonds. The zero-order valence-electron chi connectivity index (χ0n) is 19.9. The Kier molecular flexibility index (Phi) is 8.66. The van der Waals surface area contributed by atoms with Gasteiger partial charge in [0.25, 0.3) is 0 Å². The Morgan fingerprint density at radius 3 is 2.63 bits per heavy atom. The number of hydrogen-bond donors (Lipinski definition) is 3. The summed E-state index contributed by atoms with van der Waals surface area (Å²) in [5.74, 6) is -0.546. The first-order valence-corrected chi connectivity index (χ1v) is 11.6. The minimum absolute atomic E-state index is 0.00724. The molecule has 2 aromatic rings. The molecule has 0 spiro atoms. The van der Waals surface area contributed by atoms with E-state index < -0.39 is 29.9 Å². The first-order chi connectivity index (χ1) is 16.6.